The molecular formula is C18H29NO. The third-order valence-electron chi connectivity index (χ3n) is 4.95. The molecule has 2 N–H and O–H groups in total. The van der Waals surface area contributed by atoms with Gasteiger partial charge in [-0.15, -0.1) is 0 Å². The van der Waals surface area contributed by atoms with E-state index in [1.807, 2.05) is 0 Å². The van der Waals surface area contributed by atoms with Crippen LogP contribution in [0.15, 0.2) is 18.2 Å². The van der Waals surface area contributed by atoms with E-state index < -0.39 is 0 Å². The molecule has 1 aliphatic carbocycles. The van der Waals surface area contributed by atoms with E-state index in [9.17, 15) is 0 Å². The van der Waals surface area contributed by atoms with Gasteiger partial charge in [-0.25, -0.2) is 0 Å². The van der Waals surface area contributed by atoms with E-state index in [2.05, 4.69) is 25.1 Å². The maximum atomic E-state index is 5.87. The van der Waals surface area contributed by atoms with Crippen LogP contribution < -0.4 is 10.5 Å². The average Bonchev–Trinajstić information content (AvgIpc) is 2.47. The van der Waals surface area contributed by atoms with Crippen LogP contribution in [0.5, 0.6) is 5.75 Å². The largest absolute Gasteiger partial charge is 0.496 e. The average molecular weight is 275 g/mol. The highest BCUT2D eigenvalue weighted by Gasteiger charge is 2.30. The van der Waals surface area contributed by atoms with Gasteiger partial charge in [-0.1, -0.05) is 37.0 Å². The van der Waals surface area contributed by atoms with Crippen LogP contribution in [0, 0.1) is 12.3 Å². The van der Waals surface area contributed by atoms with Crippen LogP contribution in [-0.4, -0.2) is 13.7 Å². The summed E-state index contributed by atoms with van der Waals surface area (Å²) in [6.07, 6.45) is 10.4. The molecule has 0 radical (unpaired) electrons. The van der Waals surface area contributed by atoms with Crippen molar-refractivity contribution in [1.82, 2.24) is 0 Å². The van der Waals surface area contributed by atoms with Gasteiger partial charge >= 0.3 is 0 Å². The molecule has 2 nitrogen and oxygen atoms in total. The summed E-state index contributed by atoms with van der Waals surface area (Å²) in [6.45, 7) is 2.98. The second-order valence-corrected chi connectivity index (χ2v) is 6.41. The maximum Gasteiger partial charge on any atom is 0.122 e. The Hall–Kier alpha value is -1.02. The van der Waals surface area contributed by atoms with Gasteiger partial charge in [0.1, 0.15) is 5.75 Å². The lowest BCUT2D eigenvalue weighted by Gasteiger charge is -2.37. The minimum Gasteiger partial charge on any atom is -0.496 e. The van der Waals surface area contributed by atoms with E-state index in [0.29, 0.717) is 5.41 Å². The van der Waals surface area contributed by atoms with E-state index in [1.165, 1.54) is 56.1 Å². The topological polar surface area (TPSA) is 35.2 Å². The maximum absolute atomic E-state index is 5.87. The van der Waals surface area contributed by atoms with Gasteiger partial charge in [-0.05, 0) is 62.6 Å². The molecule has 20 heavy (non-hydrogen) atoms. The van der Waals surface area contributed by atoms with Crippen molar-refractivity contribution in [1.29, 1.82) is 0 Å². The van der Waals surface area contributed by atoms with Crippen LogP contribution in [0.2, 0.25) is 0 Å². The van der Waals surface area contributed by atoms with E-state index in [-0.39, 0.29) is 0 Å². The Balaban J connectivity index is 2.07. The van der Waals surface area contributed by atoms with Crippen LogP contribution in [0.4, 0.5) is 0 Å². The van der Waals surface area contributed by atoms with E-state index in [4.69, 9.17) is 10.5 Å². The molecule has 1 fully saturated rings. The van der Waals surface area contributed by atoms with Crippen LogP contribution in [0.1, 0.15) is 56.1 Å². The summed E-state index contributed by atoms with van der Waals surface area (Å²) in [5.41, 5.74) is 9.03. The Morgan fingerprint density at radius 2 is 1.90 bits per heavy atom. The molecule has 1 aliphatic rings. The molecular weight excluding hydrogens is 246 g/mol. The fourth-order valence-electron chi connectivity index (χ4n) is 3.74. The van der Waals surface area contributed by atoms with Crippen LogP contribution in [-0.2, 0) is 6.42 Å². The molecule has 0 bridgehead atoms. The summed E-state index contributed by atoms with van der Waals surface area (Å²) in [4.78, 5) is 0. The molecule has 1 saturated carbocycles. The number of aryl methyl sites for hydroxylation is 2. The third kappa shape index (κ3) is 3.76. The normalized spacial score (nSPS) is 17.9. The Bertz CT molecular complexity index is 416. The summed E-state index contributed by atoms with van der Waals surface area (Å²) in [5, 5.41) is 0. The van der Waals surface area contributed by atoms with E-state index >= 15 is 0 Å². The van der Waals surface area contributed by atoms with Crippen molar-refractivity contribution >= 4 is 0 Å². The van der Waals surface area contributed by atoms with Crippen LogP contribution >= 0.6 is 0 Å². The number of nitrogens with two attached hydrogens (primary N) is 1. The number of benzene rings is 1. The summed E-state index contributed by atoms with van der Waals surface area (Å²) in [6, 6.07) is 6.50. The van der Waals surface area contributed by atoms with Crippen LogP contribution in [0.3, 0.4) is 0 Å². The first-order valence-electron chi connectivity index (χ1n) is 8.03. The molecule has 0 unspecified atom stereocenters. The highest BCUT2D eigenvalue weighted by atomic mass is 16.5. The first-order chi connectivity index (χ1) is 9.69. The zero-order valence-electron chi connectivity index (χ0n) is 13.1. The standard InChI is InChI=1S/C18H29NO/c1-15-6-7-17(20-2)16(14-15)8-11-18(12-13-19)9-4-3-5-10-18/h6-7,14H,3-5,8-13,19H2,1-2H3. The van der Waals surface area contributed by atoms with Crippen molar-refractivity contribution < 1.29 is 4.74 Å². The molecule has 0 atom stereocenters. The number of methoxy groups -OCH3 is 1. The second-order valence-electron chi connectivity index (χ2n) is 6.41. The van der Waals surface area contributed by atoms with Gasteiger partial charge in [-0.2, -0.15) is 0 Å². The Morgan fingerprint density at radius 3 is 2.55 bits per heavy atom. The van der Waals surface area contributed by atoms with Gasteiger partial charge < -0.3 is 10.5 Å². The monoisotopic (exact) mass is 275 g/mol. The smallest absolute Gasteiger partial charge is 0.122 e. The van der Waals surface area contributed by atoms with Gasteiger partial charge in [0.2, 0.25) is 0 Å². The SMILES string of the molecule is COc1ccc(C)cc1CCC1(CCN)CCCCC1. The molecule has 0 aliphatic heterocycles. The quantitative estimate of drug-likeness (QED) is 0.843. The predicted molar refractivity (Wildman–Crippen MR) is 85.2 cm³/mol. The lowest BCUT2D eigenvalue weighted by Crippen LogP contribution is -2.28. The van der Waals surface area contributed by atoms with Gasteiger partial charge in [0.15, 0.2) is 0 Å². The van der Waals surface area contributed by atoms with Crippen molar-refractivity contribution in [3.8, 4) is 5.75 Å². The molecule has 0 spiro atoms. The fraction of sp³-hybridized carbons (Fsp3) is 0.667. The zero-order valence-corrected chi connectivity index (χ0v) is 13.1. The van der Waals surface area contributed by atoms with Gasteiger partial charge in [0, 0.05) is 0 Å². The zero-order chi connectivity index (χ0) is 14.4. The van der Waals surface area contributed by atoms with Gasteiger partial charge in [0.25, 0.3) is 0 Å². The lowest BCUT2D eigenvalue weighted by molar-refractivity contribution is 0.160. The summed E-state index contributed by atoms with van der Waals surface area (Å²) in [5.74, 6) is 1.04. The van der Waals surface area contributed by atoms with Gasteiger partial charge in [-0.3, -0.25) is 0 Å². The molecule has 1 aromatic rings. The van der Waals surface area contributed by atoms with Crippen molar-refractivity contribution in [2.45, 2.75) is 58.3 Å². The summed E-state index contributed by atoms with van der Waals surface area (Å²) >= 11 is 0. The molecule has 1 aromatic carbocycles. The fourth-order valence-corrected chi connectivity index (χ4v) is 3.74. The van der Waals surface area contributed by atoms with Crippen molar-refractivity contribution in [3.05, 3.63) is 29.3 Å². The number of hydrogen-bond donors (Lipinski definition) is 1. The number of rotatable bonds is 6. The Labute approximate surface area is 123 Å². The second kappa shape index (κ2) is 7.12. The lowest BCUT2D eigenvalue weighted by atomic mass is 9.68. The van der Waals surface area contributed by atoms with Crippen molar-refractivity contribution in [2.24, 2.45) is 11.1 Å². The minimum absolute atomic E-state index is 0.488. The Morgan fingerprint density at radius 1 is 1.15 bits per heavy atom. The van der Waals surface area contributed by atoms with E-state index in [0.717, 1.165) is 18.7 Å². The van der Waals surface area contributed by atoms with Crippen LogP contribution in [0.25, 0.3) is 0 Å². The highest BCUT2D eigenvalue weighted by molar-refractivity contribution is 5.37. The first kappa shape index (κ1) is 15.4. The van der Waals surface area contributed by atoms with Crippen molar-refractivity contribution in [2.75, 3.05) is 13.7 Å². The number of hydrogen-bond acceptors (Lipinski definition) is 2. The minimum atomic E-state index is 0.488. The molecule has 112 valence electrons. The molecule has 0 heterocycles. The van der Waals surface area contributed by atoms with Crippen molar-refractivity contribution in [3.63, 3.8) is 0 Å². The summed E-state index contributed by atoms with van der Waals surface area (Å²) < 4.78 is 5.51. The highest BCUT2D eigenvalue weighted by Crippen LogP contribution is 2.43. The van der Waals surface area contributed by atoms with Gasteiger partial charge in [0.05, 0.1) is 7.11 Å². The molecule has 2 heteroatoms. The summed E-state index contributed by atoms with van der Waals surface area (Å²) in [7, 11) is 1.77. The third-order valence-corrected chi connectivity index (χ3v) is 4.95. The van der Waals surface area contributed by atoms with E-state index in [1.54, 1.807) is 7.11 Å². The molecule has 0 saturated heterocycles. The Kier molecular flexibility index (Phi) is 5.47. The molecule has 2 rings (SSSR count). The molecule has 0 amide bonds. The number of ether oxygens (including phenoxy) is 1. The predicted octanol–water partition coefficient (Wildman–Crippen LogP) is 4.24. The molecule has 0 aromatic heterocycles. The first-order valence-corrected chi connectivity index (χ1v) is 8.03.